The molecule has 206 valence electrons. The van der Waals surface area contributed by atoms with Gasteiger partial charge in [0, 0.05) is 25.2 Å². The van der Waals surface area contributed by atoms with Crippen molar-refractivity contribution in [1.82, 2.24) is 24.7 Å². The van der Waals surface area contributed by atoms with E-state index in [1.807, 2.05) is 19.2 Å². The smallest absolute Gasteiger partial charge is 0.224 e. The molecule has 5 N–H and O–H groups in total. The molecule has 0 unspecified atom stereocenters. The third-order valence-corrected chi connectivity index (χ3v) is 8.88. The second kappa shape index (κ2) is 11.0. The van der Waals surface area contributed by atoms with Crippen LogP contribution in [-0.4, -0.2) is 76.2 Å². The average Bonchev–Trinajstić information content (AvgIpc) is 3.53. The number of fused-ring (bicyclic) bond motifs is 1. The number of pyridine rings is 1. The van der Waals surface area contributed by atoms with Gasteiger partial charge in [0.1, 0.15) is 22.4 Å². The third-order valence-electron chi connectivity index (χ3n) is 7.15. The van der Waals surface area contributed by atoms with Crippen molar-refractivity contribution >= 4 is 43.3 Å². The maximum absolute atomic E-state index is 11.6. The first-order chi connectivity index (χ1) is 18.1. The molecule has 11 nitrogen and oxygen atoms in total. The normalized spacial score (nSPS) is 23.7. The molecule has 2 aliphatic rings. The first-order valence-electron chi connectivity index (χ1n) is 13.1. The van der Waals surface area contributed by atoms with E-state index in [4.69, 9.17) is 15.0 Å². The minimum absolute atomic E-state index is 0.0458. The standard InChI is InChI=1S/C25H35N7O4S2/c1-4-5-16-20-18(8-9-26-16)37-24(31-20)19-13(2)29-25(27-11-14-6-7-14)32-23(19)30-17-10-15(21(33)22(17)34)12-28-38(3,35)36/h8-9,14-15,17,21-22,28,33-34H,4-7,10-12H2,1-3H3,(H2,27,29,30,32)/t15-,17-,21-,22+/m1/s1. The molecule has 2 fully saturated rings. The molecule has 3 aromatic rings. The largest absolute Gasteiger partial charge is 0.390 e. The van der Waals surface area contributed by atoms with E-state index < -0.39 is 34.2 Å². The van der Waals surface area contributed by atoms with Gasteiger partial charge in [-0.15, -0.1) is 11.3 Å². The summed E-state index contributed by atoms with van der Waals surface area (Å²) in [7, 11) is -3.42. The molecule has 38 heavy (non-hydrogen) atoms. The van der Waals surface area contributed by atoms with E-state index in [0.29, 0.717) is 24.1 Å². The summed E-state index contributed by atoms with van der Waals surface area (Å²) >= 11 is 1.54. The maximum atomic E-state index is 11.6. The fraction of sp³-hybridized carbons (Fsp3) is 0.600. The topological polar surface area (TPSA) is 162 Å². The van der Waals surface area contributed by atoms with Crippen LogP contribution in [0.3, 0.4) is 0 Å². The lowest BCUT2D eigenvalue weighted by Gasteiger charge is -2.21. The summed E-state index contributed by atoms with van der Waals surface area (Å²) in [6.45, 7) is 4.88. The van der Waals surface area contributed by atoms with Gasteiger partial charge < -0.3 is 20.8 Å². The SMILES string of the molecule is CCCc1nccc2sc(-c3c(C)nc(NCC4CC4)nc3N[C@@H]3C[C@H](CNS(C)(=O)=O)[C@@H](O)[C@H]3O)nc12. The summed E-state index contributed by atoms with van der Waals surface area (Å²) in [5, 5.41) is 28.9. The van der Waals surface area contributed by atoms with E-state index in [-0.39, 0.29) is 6.54 Å². The molecule has 0 bridgehead atoms. The molecule has 4 atom stereocenters. The fourth-order valence-corrected chi connectivity index (χ4v) is 6.51. The van der Waals surface area contributed by atoms with Crippen LogP contribution < -0.4 is 15.4 Å². The molecule has 5 rings (SSSR count). The van der Waals surface area contributed by atoms with Crippen LogP contribution in [0.5, 0.6) is 0 Å². The lowest BCUT2D eigenvalue weighted by molar-refractivity contribution is 0.0185. The van der Waals surface area contributed by atoms with Crippen LogP contribution in [0.4, 0.5) is 11.8 Å². The number of sulfonamides is 1. The second-order valence-corrected chi connectivity index (χ2v) is 13.3. The average molecular weight is 562 g/mol. The lowest BCUT2D eigenvalue weighted by atomic mass is 10.1. The molecule has 13 heteroatoms. The molecular weight excluding hydrogens is 526 g/mol. The number of hydrogen-bond acceptors (Lipinski definition) is 11. The molecule has 0 radical (unpaired) electrons. The molecule has 2 saturated carbocycles. The summed E-state index contributed by atoms with van der Waals surface area (Å²) < 4.78 is 26.6. The van der Waals surface area contributed by atoms with Crippen molar-refractivity contribution < 1.29 is 18.6 Å². The van der Waals surface area contributed by atoms with Gasteiger partial charge in [-0.05, 0) is 44.6 Å². The predicted molar refractivity (Wildman–Crippen MR) is 149 cm³/mol. The van der Waals surface area contributed by atoms with E-state index in [0.717, 1.165) is 57.8 Å². The highest BCUT2D eigenvalue weighted by Crippen LogP contribution is 2.39. The Hall–Kier alpha value is -2.45. The van der Waals surface area contributed by atoms with Crippen LogP contribution >= 0.6 is 11.3 Å². The highest BCUT2D eigenvalue weighted by Gasteiger charge is 2.42. The van der Waals surface area contributed by atoms with Crippen LogP contribution in [0.15, 0.2) is 12.3 Å². The van der Waals surface area contributed by atoms with Gasteiger partial charge in [-0.25, -0.2) is 23.1 Å². The van der Waals surface area contributed by atoms with E-state index in [9.17, 15) is 18.6 Å². The first kappa shape index (κ1) is 27.1. The van der Waals surface area contributed by atoms with E-state index >= 15 is 0 Å². The molecule has 3 aromatic heterocycles. The van der Waals surface area contributed by atoms with Crippen molar-refractivity contribution in [3.05, 3.63) is 23.7 Å². The first-order valence-corrected chi connectivity index (χ1v) is 15.8. The number of aliphatic hydroxyl groups excluding tert-OH is 2. The molecule has 0 aliphatic heterocycles. The number of nitrogens with zero attached hydrogens (tertiary/aromatic N) is 4. The van der Waals surface area contributed by atoms with Gasteiger partial charge in [0.15, 0.2) is 0 Å². The van der Waals surface area contributed by atoms with Crippen molar-refractivity contribution in [3.63, 3.8) is 0 Å². The summed E-state index contributed by atoms with van der Waals surface area (Å²) in [5.41, 5.74) is 3.32. The van der Waals surface area contributed by atoms with E-state index in [2.05, 4.69) is 27.3 Å². The van der Waals surface area contributed by atoms with Gasteiger partial charge in [0.2, 0.25) is 16.0 Å². The van der Waals surface area contributed by atoms with Crippen LogP contribution in [0.1, 0.15) is 44.0 Å². The molecule has 2 aliphatic carbocycles. The molecule has 0 spiro atoms. The Bertz CT molecular complexity index is 1410. The Balaban J connectivity index is 1.48. The van der Waals surface area contributed by atoms with Crippen molar-refractivity contribution in [2.45, 2.75) is 64.2 Å². The lowest BCUT2D eigenvalue weighted by Crippen LogP contribution is -2.37. The van der Waals surface area contributed by atoms with Gasteiger partial charge in [-0.1, -0.05) is 13.3 Å². The predicted octanol–water partition coefficient (Wildman–Crippen LogP) is 2.30. The van der Waals surface area contributed by atoms with Crippen LogP contribution in [-0.2, 0) is 16.4 Å². The van der Waals surface area contributed by atoms with Gasteiger partial charge in [0.25, 0.3) is 0 Å². The Labute approximate surface area is 226 Å². The molecule has 0 amide bonds. The highest BCUT2D eigenvalue weighted by atomic mass is 32.2. The molecule has 0 saturated heterocycles. The third kappa shape index (κ3) is 6.07. The van der Waals surface area contributed by atoms with Crippen LogP contribution in [0.25, 0.3) is 20.8 Å². The summed E-state index contributed by atoms with van der Waals surface area (Å²) in [4.78, 5) is 19.0. The minimum Gasteiger partial charge on any atom is -0.390 e. The number of aromatic nitrogens is 4. The maximum Gasteiger partial charge on any atom is 0.224 e. The summed E-state index contributed by atoms with van der Waals surface area (Å²) in [6.07, 6.45) is 5.27. The second-order valence-electron chi connectivity index (χ2n) is 10.4. The number of aliphatic hydroxyl groups is 2. The van der Waals surface area contributed by atoms with Gasteiger partial charge >= 0.3 is 0 Å². The monoisotopic (exact) mass is 561 g/mol. The number of rotatable bonds is 11. The van der Waals surface area contributed by atoms with Crippen molar-refractivity contribution in [3.8, 4) is 10.6 Å². The fourth-order valence-electron chi connectivity index (χ4n) is 4.91. The van der Waals surface area contributed by atoms with Gasteiger partial charge in [-0.3, -0.25) is 4.98 Å². The zero-order chi connectivity index (χ0) is 27.0. The number of aryl methyl sites for hydroxylation is 2. The Morgan fingerprint density at radius 3 is 2.63 bits per heavy atom. The highest BCUT2D eigenvalue weighted by molar-refractivity contribution is 7.88. The van der Waals surface area contributed by atoms with Crippen LogP contribution in [0, 0.1) is 18.8 Å². The summed E-state index contributed by atoms with van der Waals surface area (Å²) in [6, 6.07) is 1.42. The van der Waals surface area contributed by atoms with E-state index in [1.165, 1.54) is 12.8 Å². The van der Waals surface area contributed by atoms with Crippen LogP contribution in [0.2, 0.25) is 0 Å². The van der Waals surface area contributed by atoms with Crippen molar-refractivity contribution in [2.75, 3.05) is 30.0 Å². The Kier molecular flexibility index (Phi) is 7.83. The molecule has 0 aromatic carbocycles. The number of nitrogens with one attached hydrogen (secondary N) is 3. The minimum atomic E-state index is -3.42. The van der Waals surface area contributed by atoms with Gasteiger partial charge in [0.05, 0.1) is 40.1 Å². The number of thiazole rings is 1. The zero-order valence-electron chi connectivity index (χ0n) is 21.8. The Morgan fingerprint density at radius 2 is 1.92 bits per heavy atom. The Morgan fingerprint density at radius 1 is 1.13 bits per heavy atom. The zero-order valence-corrected chi connectivity index (χ0v) is 23.4. The van der Waals surface area contributed by atoms with Crippen molar-refractivity contribution in [2.24, 2.45) is 11.8 Å². The summed E-state index contributed by atoms with van der Waals surface area (Å²) in [5.74, 6) is 1.21. The molecular formula is C25H35N7O4S2. The number of anilines is 2. The van der Waals surface area contributed by atoms with E-state index in [1.54, 1.807) is 11.3 Å². The molecule has 3 heterocycles. The quantitative estimate of drug-likeness (QED) is 0.235. The van der Waals surface area contributed by atoms with Gasteiger partial charge in [-0.2, -0.15) is 4.98 Å². The number of hydrogen-bond donors (Lipinski definition) is 5. The van der Waals surface area contributed by atoms with Crippen molar-refractivity contribution in [1.29, 1.82) is 0 Å².